The maximum absolute atomic E-state index is 12.0. The first-order chi connectivity index (χ1) is 10.3. The van der Waals surface area contributed by atoms with Gasteiger partial charge in [0.05, 0.1) is 6.54 Å². The van der Waals surface area contributed by atoms with Crippen LogP contribution in [0, 0.1) is 0 Å². The predicted molar refractivity (Wildman–Crippen MR) is 88.4 cm³/mol. The van der Waals surface area contributed by atoms with Gasteiger partial charge in [0.2, 0.25) is 5.91 Å². The maximum Gasteiger partial charge on any atom is 0.234 e. The van der Waals surface area contributed by atoms with Crippen molar-refractivity contribution in [2.24, 2.45) is 5.73 Å². The number of amides is 1. The van der Waals surface area contributed by atoms with E-state index in [4.69, 9.17) is 5.73 Å². The van der Waals surface area contributed by atoms with Crippen LogP contribution in [0.25, 0.3) is 0 Å². The third kappa shape index (κ3) is 5.69. The first kappa shape index (κ1) is 16.3. The summed E-state index contributed by atoms with van der Waals surface area (Å²) in [5.74, 6) is 1.01. The maximum atomic E-state index is 12.0. The Labute approximate surface area is 131 Å². The Balaban J connectivity index is 1.63. The van der Waals surface area contributed by atoms with E-state index >= 15 is 0 Å². The number of nitrogens with two attached hydrogens (primary N) is 1. The highest BCUT2D eigenvalue weighted by molar-refractivity contribution is 7.99. The van der Waals surface area contributed by atoms with Gasteiger partial charge in [-0.1, -0.05) is 24.6 Å². The van der Waals surface area contributed by atoms with Gasteiger partial charge in [0.1, 0.15) is 0 Å². The zero-order valence-corrected chi connectivity index (χ0v) is 13.3. The van der Waals surface area contributed by atoms with E-state index in [1.165, 1.54) is 17.7 Å². The topological polar surface area (TPSA) is 58.4 Å². The molecule has 1 saturated heterocycles. The van der Waals surface area contributed by atoms with E-state index in [-0.39, 0.29) is 5.91 Å². The molecule has 4 nitrogen and oxygen atoms in total. The fourth-order valence-corrected chi connectivity index (χ4v) is 3.44. The van der Waals surface area contributed by atoms with Gasteiger partial charge in [-0.3, -0.25) is 9.69 Å². The lowest BCUT2D eigenvalue weighted by Crippen LogP contribution is -2.48. The van der Waals surface area contributed by atoms with Crippen molar-refractivity contribution in [2.45, 2.75) is 30.2 Å². The lowest BCUT2D eigenvalue weighted by molar-refractivity contribution is -0.123. The minimum atomic E-state index is 0.115. The van der Waals surface area contributed by atoms with Crippen molar-refractivity contribution in [1.29, 1.82) is 0 Å². The van der Waals surface area contributed by atoms with Crippen molar-refractivity contribution in [1.82, 2.24) is 10.2 Å². The van der Waals surface area contributed by atoms with Gasteiger partial charge in [-0.05, 0) is 31.5 Å². The van der Waals surface area contributed by atoms with Gasteiger partial charge in [0.15, 0.2) is 0 Å². The highest BCUT2D eigenvalue weighted by atomic mass is 32.2. The molecule has 5 heteroatoms. The molecule has 1 aromatic rings. The first-order valence-electron chi connectivity index (χ1n) is 7.68. The number of carbonyl (C=O) groups excluding carboxylic acids is 1. The van der Waals surface area contributed by atoms with Gasteiger partial charge in [0.25, 0.3) is 0 Å². The van der Waals surface area contributed by atoms with Crippen molar-refractivity contribution in [3.8, 4) is 0 Å². The molecule has 2 rings (SSSR count). The van der Waals surface area contributed by atoms with Crippen LogP contribution in [0.1, 0.15) is 19.3 Å². The third-order valence-corrected chi connectivity index (χ3v) is 4.82. The van der Waals surface area contributed by atoms with Crippen molar-refractivity contribution in [2.75, 3.05) is 31.9 Å². The second-order valence-corrected chi connectivity index (χ2v) is 6.54. The SMILES string of the molecule is NCC1CCCCN1CC(=O)NCCSc1ccccc1. The number of piperidine rings is 1. The van der Waals surface area contributed by atoms with E-state index in [9.17, 15) is 4.79 Å². The molecule has 1 fully saturated rings. The summed E-state index contributed by atoms with van der Waals surface area (Å²) in [6.07, 6.45) is 3.52. The molecule has 1 atom stereocenters. The molecule has 1 amide bonds. The van der Waals surface area contributed by atoms with E-state index in [0.29, 0.717) is 25.7 Å². The minimum absolute atomic E-state index is 0.115. The van der Waals surface area contributed by atoms with Crippen molar-refractivity contribution < 1.29 is 4.79 Å². The molecule has 0 bridgehead atoms. The normalized spacial score (nSPS) is 19.4. The second kappa shape index (κ2) is 9.07. The molecule has 3 N–H and O–H groups in total. The highest BCUT2D eigenvalue weighted by Crippen LogP contribution is 2.16. The summed E-state index contributed by atoms with van der Waals surface area (Å²) >= 11 is 1.77. The molecule has 116 valence electrons. The van der Waals surface area contributed by atoms with E-state index < -0.39 is 0 Å². The molecule has 1 heterocycles. The number of rotatable bonds is 7. The monoisotopic (exact) mass is 307 g/mol. The smallest absolute Gasteiger partial charge is 0.234 e. The zero-order valence-electron chi connectivity index (χ0n) is 12.5. The molecule has 1 aromatic carbocycles. The highest BCUT2D eigenvalue weighted by Gasteiger charge is 2.22. The summed E-state index contributed by atoms with van der Waals surface area (Å²) in [7, 11) is 0. The number of likely N-dealkylation sites (tertiary alicyclic amines) is 1. The number of hydrogen-bond acceptors (Lipinski definition) is 4. The van der Waals surface area contributed by atoms with Gasteiger partial charge in [-0.15, -0.1) is 11.8 Å². The number of thioether (sulfide) groups is 1. The molecule has 0 saturated carbocycles. The van der Waals surface area contributed by atoms with Gasteiger partial charge in [-0.25, -0.2) is 0 Å². The van der Waals surface area contributed by atoms with Crippen molar-refractivity contribution in [3.05, 3.63) is 30.3 Å². The number of carbonyl (C=O) groups is 1. The first-order valence-corrected chi connectivity index (χ1v) is 8.67. The van der Waals surface area contributed by atoms with Gasteiger partial charge in [0, 0.05) is 29.8 Å². The molecule has 0 aliphatic carbocycles. The van der Waals surface area contributed by atoms with Crippen LogP contribution >= 0.6 is 11.8 Å². The van der Waals surface area contributed by atoms with Crippen molar-refractivity contribution in [3.63, 3.8) is 0 Å². The lowest BCUT2D eigenvalue weighted by Gasteiger charge is -2.34. The zero-order chi connectivity index (χ0) is 14.9. The average molecular weight is 307 g/mol. The molecule has 1 unspecified atom stereocenters. The fraction of sp³-hybridized carbons (Fsp3) is 0.562. The molecule has 21 heavy (non-hydrogen) atoms. The van der Waals surface area contributed by atoms with E-state index in [1.807, 2.05) is 18.2 Å². The van der Waals surface area contributed by atoms with Crippen LogP contribution in [0.2, 0.25) is 0 Å². The molecule has 0 aromatic heterocycles. The van der Waals surface area contributed by atoms with Gasteiger partial charge in [-0.2, -0.15) is 0 Å². The van der Waals surface area contributed by atoms with Gasteiger partial charge < -0.3 is 11.1 Å². The molecular formula is C16H25N3OS. The number of hydrogen-bond donors (Lipinski definition) is 2. The van der Waals surface area contributed by atoms with Crippen LogP contribution in [0.15, 0.2) is 35.2 Å². The minimum Gasteiger partial charge on any atom is -0.354 e. The third-order valence-electron chi connectivity index (χ3n) is 3.80. The Kier molecular flexibility index (Phi) is 7.06. The largest absolute Gasteiger partial charge is 0.354 e. The lowest BCUT2D eigenvalue weighted by atomic mass is 10.0. The Hall–Kier alpha value is -1.04. The molecule has 0 radical (unpaired) electrons. The number of benzene rings is 1. The van der Waals surface area contributed by atoms with Crippen LogP contribution < -0.4 is 11.1 Å². The van der Waals surface area contributed by atoms with E-state index in [0.717, 1.165) is 18.7 Å². The number of nitrogens with zero attached hydrogens (tertiary/aromatic N) is 1. The Morgan fingerprint density at radius 2 is 2.14 bits per heavy atom. The van der Waals surface area contributed by atoms with Crippen LogP contribution in [0.3, 0.4) is 0 Å². The van der Waals surface area contributed by atoms with Crippen molar-refractivity contribution >= 4 is 17.7 Å². The van der Waals surface area contributed by atoms with E-state index in [1.54, 1.807) is 11.8 Å². The molecule has 1 aliphatic rings. The summed E-state index contributed by atoms with van der Waals surface area (Å²) < 4.78 is 0. The van der Waals surface area contributed by atoms with Gasteiger partial charge >= 0.3 is 0 Å². The summed E-state index contributed by atoms with van der Waals surface area (Å²) in [5, 5.41) is 3.00. The Morgan fingerprint density at radius 1 is 1.33 bits per heavy atom. The summed E-state index contributed by atoms with van der Waals surface area (Å²) in [4.78, 5) is 15.4. The summed E-state index contributed by atoms with van der Waals surface area (Å²) in [6, 6.07) is 10.6. The van der Waals surface area contributed by atoms with E-state index in [2.05, 4.69) is 22.3 Å². The van der Waals surface area contributed by atoms with Crippen LogP contribution in [0.4, 0.5) is 0 Å². The Morgan fingerprint density at radius 3 is 2.90 bits per heavy atom. The van der Waals surface area contributed by atoms with Crippen LogP contribution in [-0.4, -0.2) is 48.8 Å². The molecule has 0 spiro atoms. The average Bonchev–Trinajstić information content (AvgIpc) is 2.53. The molecular weight excluding hydrogens is 282 g/mol. The quantitative estimate of drug-likeness (QED) is 0.595. The van der Waals surface area contributed by atoms with Crippen LogP contribution in [0.5, 0.6) is 0 Å². The molecule has 1 aliphatic heterocycles. The second-order valence-electron chi connectivity index (χ2n) is 5.37. The standard InChI is InChI=1S/C16H25N3OS/c17-12-14-6-4-5-10-19(14)13-16(20)18-9-11-21-15-7-2-1-3-8-15/h1-3,7-8,14H,4-6,9-13,17H2,(H,18,20). The summed E-state index contributed by atoms with van der Waals surface area (Å²) in [5.41, 5.74) is 5.78. The van der Waals surface area contributed by atoms with Crippen LogP contribution in [-0.2, 0) is 4.79 Å². The predicted octanol–water partition coefficient (Wildman–Crippen LogP) is 1.71. The number of nitrogens with one attached hydrogen (secondary N) is 1. The fourth-order valence-electron chi connectivity index (χ4n) is 2.65. The Bertz CT molecular complexity index is 427. The summed E-state index contributed by atoms with van der Waals surface area (Å²) in [6.45, 7) is 2.84.